The van der Waals surface area contributed by atoms with Gasteiger partial charge in [0.15, 0.2) is 17.6 Å². The van der Waals surface area contributed by atoms with Crippen molar-refractivity contribution < 1.29 is 19.2 Å². The minimum atomic E-state index is -1.41. The molecule has 1 N–H and O–H groups in total. The lowest BCUT2D eigenvalue weighted by Crippen LogP contribution is -2.48. The number of ketones is 2. The van der Waals surface area contributed by atoms with Gasteiger partial charge in [-0.15, -0.1) is 0 Å². The van der Waals surface area contributed by atoms with E-state index in [2.05, 4.69) is 31.1 Å². The summed E-state index contributed by atoms with van der Waals surface area (Å²) in [6.45, 7) is 6.25. The molecule has 0 bridgehead atoms. The lowest BCUT2D eigenvalue weighted by molar-refractivity contribution is -0.125. The summed E-state index contributed by atoms with van der Waals surface area (Å²) in [4.78, 5) is 60.8. The fraction of sp³-hybridized carbons (Fsp3) is 0.114. The second-order valence-electron chi connectivity index (χ2n) is 13.5. The molecular formula is C44H35N3O4. The first-order valence-corrected chi connectivity index (χ1v) is 16.7. The molecule has 7 nitrogen and oxygen atoms in total. The van der Waals surface area contributed by atoms with Crippen LogP contribution in [0.2, 0.25) is 0 Å². The number of allylic oxidation sites excluding steroid dienone is 6. The molecule has 0 spiro atoms. The number of Topliss-reactive ketones (excluding diaryl/α,β-unsaturated/α-hetero) is 1. The maximum Gasteiger partial charge on any atom is 0.263 e. The van der Waals surface area contributed by atoms with Crippen molar-refractivity contribution in [3.05, 3.63) is 190 Å². The van der Waals surface area contributed by atoms with Gasteiger partial charge in [-0.25, -0.2) is 0 Å². The van der Waals surface area contributed by atoms with Crippen LogP contribution in [-0.4, -0.2) is 39.3 Å². The van der Waals surface area contributed by atoms with Gasteiger partial charge in [0.25, 0.3) is 11.8 Å². The van der Waals surface area contributed by atoms with Gasteiger partial charge in [-0.2, -0.15) is 0 Å². The van der Waals surface area contributed by atoms with Gasteiger partial charge in [-0.05, 0) is 81.3 Å². The summed E-state index contributed by atoms with van der Waals surface area (Å²) in [5.41, 5.74) is 7.00. The number of aromatic nitrogens is 1. The topological polar surface area (TPSA) is 96.4 Å². The van der Waals surface area contributed by atoms with Gasteiger partial charge in [-0.1, -0.05) is 106 Å². The van der Waals surface area contributed by atoms with Crippen molar-refractivity contribution in [2.24, 2.45) is 0 Å². The van der Waals surface area contributed by atoms with Gasteiger partial charge in [-0.3, -0.25) is 29.1 Å². The maximum absolute atomic E-state index is 14.3. The van der Waals surface area contributed by atoms with Crippen LogP contribution >= 0.6 is 0 Å². The van der Waals surface area contributed by atoms with Gasteiger partial charge in [0.05, 0.1) is 11.3 Å². The number of carbonyl (C=O) groups is 4. The van der Waals surface area contributed by atoms with Crippen LogP contribution in [-0.2, 0) is 19.8 Å². The molecule has 1 aromatic heterocycles. The molecule has 7 heteroatoms. The van der Waals surface area contributed by atoms with Gasteiger partial charge in [0.2, 0.25) is 0 Å². The molecule has 0 saturated carbocycles. The van der Waals surface area contributed by atoms with Crippen molar-refractivity contribution in [3.63, 3.8) is 0 Å². The third-order valence-corrected chi connectivity index (χ3v) is 9.15. The number of nitrogens with zero attached hydrogens (tertiary/aromatic N) is 2. The van der Waals surface area contributed by atoms with Crippen LogP contribution < -0.4 is 5.32 Å². The van der Waals surface area contributed by atoms with E-state index >= 15 is 0 Å². The van der Waals surface area contributed by atoms with E-state index in [0.717, 1.165) is 27.8 Å². The molecule has 7 rings (SSSR count). The Balaban J connectivity index is 1.34. The highest BCUT2D eigenvalue weighted by Crippen LogP contribution is 2.45. The van der Waals surface area contributed by atoms with Gasteiger partial charge in [0.1, 0.15) is 0 Å². The summed E-state index contributed by atoms with van der Waals surface area (Å²) >= 11 is 0. The quantitative estimate of drug-likeness (QED) is 0.170. The van der Waals surface area contributed by atoms with Gasteiger partial charge < -0.3 is 5.32 Å². The van der Waals surface area contributed by atoms with Crippen molar-refractivity contribution in [1.29, 1.82) is 0 Å². The summed E-state index contributed by atoms with van der Waals surface area (Å²) in [6, 6.07) is 28.6. The Morgan fingerprint density at radius 3 is 2.00 bits per heavy atom. The molecule has 3 aromatic carbocycles. The summed E-state index contributed by atoms with van der Waals surface area (Å²) in [6.07, 6.45) is 13.5. The first-order chi connectivity index (χ1) is 24.6. The number of amides is 2. The van der Waals surface area contributed by atoms with Crippen LogP contribution in [0, 0.1) is 0 Å². The van der Waals surface area contributed by atoms with Crippen molar-refractivity contribution >= 4 is 40.6 Å². The summed E-state index contributed by atoms with van der Waals surface area (Å²) in [7, 11) is 0. The molecule has 2 aliphatic heterocycles. The van der Waals surface area contributed by atoms with Gasteiger partial charge in [0, 0.05) is 35.3 Å². The molecule has 51 heavy (non-hydrogen) atoms. The molecule has 3 aliphatic rings. The van der Waals surface area contributed by atoms with Crippen molar-refractivity contribution in [1.82, 2.24) is 15.2 Å². The number of benzene rings is 3. The molecule has 250 valence electrons. The molecular weight excluding hydrogens is 635 g/mol. The SMILES string of the molecule is CC(C)(C)c1ccc(C(=O)NC2C(=O)C=CC(=C3C=C4C(c5ccccc5)=C(c5ccccc5)C(=O)N4C=C3C=Cc3ccncc3)C2=O)cc1. The van der Waals surface area contributed by atoms with E-state index in [1.165, 1.54) is 12.2 Å². The zero-order chi connectivity index (χ0) is 35.7. The van der Waals surface area contributed by atoms with Crippen LogP contribution in [0.15, 0.2) is 162 Å². The minimum Gasteiger partial charge on any atom is -0.335 e. The number of carbonyl (C=O) groups excluding carboxylic acids is 4. The second-order valence-corrected chi connectivity index (χ2v) is 13.5. The lowest BCUT2D eigenvalue weighted by atomic mass is 9.85. The van der Waals surface area contributed by atoms with Gasteiger partial charge >= 0.3 is 0 Å². The predicted octanol–water partition coefficient (Wildman–Crippen LogP) is 7.43. The Hall–Kier alpha value is -6.47. The van der Waals surface area contributed by atoms with Crippen LogP contribution in [0.3, 0.4) is 0 Å². The number of nitrogens with one attached hydrogen (secondary N) is 1. The molecule has 0 radical (unpaired) electrons. The van der Waals surface area contributed by atoms with E-state index < -0.39 is 23.5 Å². The van der Waals surface area contributed by atoms with E-state index in [1.807, 2.05) is 103 Å². The smallest absolute Gasteiger partial charge is 0.263 e. The Labute approximate surface area is 296 Å². The third-order valence-electron chi connectivity index (χ3n) is 9.15. The van der Waals surface area contributed by atoms with E-state index in [0.29, 0.717) is 28.0 Å². The number of hydrogen-bond acceptors (Lipinski definition) is 5. The zero-order valence-corrected chi connectivity index (χ0v) is 28.5. The average molecular weight is 670 g/mol. The van der Waals surface area contributed by atoms with E-state index in [9.17, 15) is 19.2 Å². The van der Waals surface area contributed by atoms with Crippen molar-refractivity contribution in [2.45, 2.75) is 32.2 Å². The number of pyridine rings is 1. The number of hydrogen-bond donors (Lipinski definition) is 1. The average Bonchev–Trinajstić information content (AvgIpc) is 3.43. The fourth-order valence-electron chi connectivity index (χ4n) is 6.40. The third kappa shape index (κ3) is 6.49. The molecule has 1 unspecified atom stereocenters. The highest BCUT2D eigenvalue weighted by Gasteiger charge is 2.40. The number of rotatable bonds is 6. The summed E-state index contributed by atoms with van der Waals surface area (Å²) in [5.74, 6) is -1.78. The van der Waals surface area contributed by atoms with Crippen LogP contribution in [0.25, 0.3) is 17.2 Å². The molecule has 0 fully saturated rings. The lowest BCUT2D eigenvalue weighted by Gasteiger charge is -2.26. The molecule has 4 aromatic rings. The Morgan fingerprint density at radius 2 is 1.37 bits per heavy atom. The fourth-order valence-corrected chi connectivity index (χ4v) is 6.40. The highest BCUT2D eigenvalue weighted by molar-refractivity contribution is 6.34. The first-order valence-electron chi connectivity index (χ1n) is 16.7. The van der Waals surface area contributed by atoms with Crippen molar-refractivity contribution in [2.75, 3.05) is 0 Å². The standard InChI is InChI=1S/C44H35N3O4/c1-44(2,3)33-18-16-31(17-19-33)42(50)46-40-37(48)21-20-34(41(40)49)35-26-36-38(29-10-6-4-7-11-29)39(30-12-8-5-9-13-30)43(51)47(36)27-32(35)15-14-28-22-24-45-25-23-28/h4-27,40H,1-3H3,(H,46,50). The second kappa shape index (κ2) is 13.4. The molecule has 1 aliphatic carbocycles. The molecule has 1 atom stereocenters. The Bertz CT molecular complexity index is 2250. The summed E-state index contributed by atoms with van der Waals surface area (Å²) in [5, 5.41) is 2.69. The maximum atomic E-state index is 14.3. The van der Waals surface area contributed by atoms with Crippen molar-refractivity contribution in [3.8, 4) is 0 Å². The van der Waals surface area contributed by atoms with Crippen LogP contribution in [0.4, 0.5) is 0 Å². The Kier molecular flexibility index (Phi) is 8.71. The number of fused-ring (bicyclic) bond motifs is 1. The largest absolute Gasteiger partial charge is 0.335 e. The predicted molar refractivity (Wildman–Crippen MR) is 199 cm³/mol. The highest BCUT2D eigenvalue weighted by atomic mass is 16.2. The van der Waals surface area contributed by atoms with E-state index in [4.69, 9.17) is 0 Å². The first kappa shape index (κ1) is 33.0. The minimum absolute atomic E-state index is 0.0985. The Morgan fingerprint density at radius 1 is 0.745 bits per heavy atom. The van der Waals surface area contributed by atoms with Crippen LogP contribution in [0.5, 0.6) is 0 Å². The summed E-state index contributed by atoms with van der Waals surface area (Å²) < 4.78 is 0. The molecule has 0 saturated heterocycles. The molecule has 2 amide bonds. The van der Waals surface area contributed by atoms with E-state index in [-0.39, 0.29) is 16.9 Å². The van der Waals surface area contributed by atoms with Crippen LogP contribution in [0.1, 0.15) is 53.4 Å². The molecule has 3 heterocycles. The normalized spacial score (nSPS) is 19.0. The van der Waals surface area contributed by atoms with E-state index in [1.54, 1.807) is 35.6 Å². The zero-order valence-electron chi connectivity index (χ0n) is 28.5. The monoisotopic (exact) mass is 669 g/mol.